The highest BCUT2D eigenvalue weighted by Gasteiger charge is 2.25. The van der Waals surface area contributed by atoms with Crippen LogP contribution in [0, 0.1) is 10.1 Å². The highest BCUT2D eigenvalue weighted by atomic mass is 35.5. The van der Waals surface area contributed by atoms with E-state index in [-0.39, 0.29) is 16.4 Å². The molecule has 0 saturated carbocycles. The third kappa shape index (κ3) is 5.11. The van der Waals surface area contributed by atoms with Crippen molar-refractivity contribution in [3.63, 3.8) is 0 Å². The van der Waals surface area contributed by atoms with Crippen molar-refractivity contribution in [2.75, 3.05) is 5.32 Å². The van der Waals surface area contributed by atoms with Gasteiger partial charge in [-0.15, -0.1) is 0 Å². The molecule has 9 heteroatoms. The van der Waals surface area contributed by atoms with Gasteiger partial charge in [-0.05, 0) is 50.2 Å². The van der Waals surface area contributed by atoms with Crippen LogP contribution >= 0.6 is 11.6 Å². The van der Waals surface area contributed by atoms with E-state index in [2.05, 4.69) is 5.32 Å². The summed E-state index contributed by atoms with van der Waals surface area (Å²) in [7, 11) is 0. The number of nitrogens with one attached hydrogen (secondary N) is 1. The summed E-state index contributed by atoms with van der Waals surface area (Å²) < 4.78 is 5.01. The molecule has 0 aliphatic rings. The Hall–Kier alpha value is -3.26. The number of nitro benzene ring substituents is 1. The van der Waals surface area contributed by atoms with E-state index >= 15 is 0 Å². The van der Waals surface area contributed by atoms with Crippen molar-refractivity contribution in [3.8, 4) is 0 Å². The summed E-state index contributed by atoms with van der Waals surface area (Å²) >= 11 is 5.77. The van der Waals surface area contributed by atoms with Crippen molar-refractivity contribution in [2.24, 2.45) is 0 Å². The van der Waals surface area contributed by atoms with E-state index in [1.165, 1.54) is 32.0 Å². The Morgan fingerprint density at radius 2 is 1.78 bits per heavy atom. The minimum absolute atomic E-state index is 0.113. The molecule has 2 rings (SSSR count). The van der Waals surface area contributed by atoms with E-state index in [0.29, 0.717) is 11.3 Å². The van der Waals surface area contributed by atoms with Gasteiger partial charge in [0.05, 0.1) is 4.92 Å². The number of ketones is 1. The Morgan fingerprint density at radius 3 is 2.33 bits per heavy atom. The van der Waals surface area contributed by atoms with E-state index in [0.717, 1.165) is 12.1 Å². The van der Waals surface area contributed by atoms with Crippen LogP contribution in [0.4, 0.5) is 11.4 Å². The second-order valence-electron chi connectivity index (χ2n) is 5.59. The van der Waals surface area contributed by atoms with E-state index in [1.807, 2.05) is 0 Å². The summed E-state index contributed by atoms with van der Waals surface area (Å²) in [6.45, 7) is 2.75. The van der Waals surface area contributed by atoms with Crippen LogP contribution < -0.4 is 5.32 Å². The number of hydrogen-bond donors (Lipinski definition) is 1. The van der Waals surface area contributed by atoms with Gasteiger partial charge < -0.3 is 10.1 Å². The van der Waals surface area contributed by atoms with Gasteiger partial charge in [0.25, 0.3) is 11.6 Å². The quantitative estimate of drug-likeness (QED) is 0.348. The van der Waals surface area contributed by atoms with Crippen LogP contribution in [0.25, 0.3) is 0 Å². The first-order valence-corrected chi connectivity index (χ1v) is 8.13. The Bertz CT molecular complexity index is 911. The molecule has 27 heavy (non-hydrogen) atoms. The molecule has 0 radical (unpaired) electrons. The van der Waals surface area contributed by atoms with Gasteiger partial charge in [-0.25, -0.2) is 4.79 Å². The first kappa shape index (κ1) is 20.1. The fourth-order valence-electron chi connectivity index (χ4n) is 2.14. The first-order valence-electron chi connectivity index (χ1n) is 7.76. The third-order valence-electron chi connectivity index (χ3n) is 3.59. The number of hydrogen-bond acceptors (Lipinski definition) is 6. The average molecular weight is 391 g/mol. The molecule has 1 N–H and O–H groups in total. The second kappa shape index (κ2) is 8.41. The Kier molecular flexibility index (Phi) is 6.25. The SMILES string of the molecule is CC(=O)c1ccc(NC(=O)[C@H](C)OC(=O)c2cc(Cl)ccc2[N+](=O)[O-])cc1. The van der Waals surface area contributed by atoms with Crippen molar-refractivity contribution in [1.82, 2.24) is 0 Å². The molecule has 0 aliphatic heterocycles. The van der Waals surface area contributed by atoms with Gasteiger partial charge in [-0.2, -0.15) is 0 Å². The summed E-state index contributed by atoms with van der Waals surface area (Å²) in [5.41, 5.74) is 0.0668. The molecule has 0 fully saturated rings. The minimum atomic E-state index is -1.22. The average Bonchev–Trinajstić information content (AvgIpc) is 2.61. The predicted octanol–water partition coefficient (Wildman–Crippen LogP) is 3.63. The molecule has 0 aromatic heterocycles. The molecule has 2 aromatic carbocycles. The van der Waals surface area contributed by atoms with Crippen molar-refractivity contribution in [2.45, 2.75) is 20.0 Å². The molecule has 0 heterocycles. The number of nitro groups is 1. The van der Waals surface area contributed by atoms with Crippen LogP contribution in [0.3, 0.4) is 0 Å². The topological polar surface area (TPSA) is 116 Å². The van der Waals surface area contributed by atoms with Crippen LogP contribution in [0.2, 0.25) is 5.02 Å². The number of carbonyl (C=O) groups is 3. The van der Waals surface area contributed by atoms with Crippen molar-refractivity contribution >= 4 is 40.6 Å². The van der Waals surface area contributed by atoms with Crippen LogP contribution in [0.15, 0.2) is 42.5 Å². The molecule has 0 unspecified atom stereocenters. The summed E-state index contributed by atoms with van der Waals surface area (Å²) in [5, 5.41) is 13.7. The molecular formula is C18H15ClN2O6. The number of anilines is 1. The van der Waals surface area contributed by atoms with Crippen molar-refractivity contribution in [1.29, 1.82) is 0 Å². The lowest BCUT2D eigenvalue weighted by molar-refractivity contribution is -0.385. The fourth-order valence-corrected chi connectivity index (χ4v) is 2.31. The molecule has 8 nitrogen and oxygen atoms in total. The fraction of sp³-hybridized carbons (Fsp3) is 0.167. The van der Waals surface area contributed by atoms with Gasteiger partial charge in [0.2, 0.25) is 0 Å². The lowest BCUT2D eigenvalue weighted by Gasteiger charge is -2.14. The zero-order valence-corrected chi connectivity index (χ0v) is 15.1. The molecule has 0 spiro atoms. The lowest BCUT2D eigenvalue weighted by Crippen LogP contribution is -2.30. The molecule has 0 aliphatic carbocycles. The number of amides is 1. The number of rotatable bonds is 6. The maximum atomic E-state index is 12.2. The largest absolute Gasteiger partial charge is 0.449 e. The van der Waals surface area contributed by atoms with Gasteiger partial charge in [0.1, 0.15) is 5.56 Å². The normalized spacial score (nSPS) is 11.4. The van der Waals surface area contributed by atoms with Gasteiger partial charge in [-0.3, -0.25) is 19.7 Å². The number of ether oxygens (including phenoxy) is 1. The van der Waals surface area contributed by atoms with Gasteiger partial charge in [-0.1, -0.05) is 11.6 Å². The number of benzene rings is 2. The molecule has 140 valence electrons. The monoisotopic (exact) mass is 390 g/mol. The first-order chi connectivity index (χ1) is 12.7. The number of nitrogens with zero attached hydrogens (tertiary/aromatic N) is 1. The van der Waals surface area contributed by atoms with Crippen LogP contribution in [0.1, 0.15) is 34.6 Å². The number of Topliss-reactive ketones (excluding diaryl/α,β-unsaturated/α-hetero) is 1. The standard InChI is InChI=1S/C18H15ClN2O6/c1-10(22)12-3-6-14(7-4-12)20-17(23)11(2)27-18(24)15-9-13(19)5-8-16(15)21(25)26/h3-9,11H,1-2H3,(H,20,23)/t11-/m0/s1. The molecule has 1 atom stereocenters. The molecular weight excluding hydrogens is 376 g/mol. The maximum absolute atomic E-state index is 12.2. The van der Waals surface area contributed by atoms with Gasteiger partial charge in [0.15, 0.2) is 11.9 Å². The lowest BCUT2D eigenvalue weighted by atomic mass is 10.1. The molecule has 2 aromatic rings. The van der Waals surface area contributed by atoms with Crippen LogP contribution in [0.5, 0.6) is 0 Å². The van der Waals surface area contributed by atoms with Crippen molar-refractivity contribution in [3.05, 3.63) is 68.7 Å². The number of carbonyl (C=O) groups excluding carboxylic acids is 3. The zero-order chi connectivity index (χ0) is 20.1. The summed E-state index contributed by atoms with van der Waals surface area (Å²) in [6.07, 6.45) is -1.22. The molecule has 0 bridgehead atoms. The van der Waals surface area contributed by atoms with E-state index < -0.39 is 28.6 Å². The van der Waals surface area contributed by atoms with Crippen LogP contribution in [-0.2, 0) is 9.53 Å². The summed E-state index contributed by atoms with van der Waals surface area (Å²) in [6, 6.07) is 9.62. The Labute approximate surface area is 159 Å². The molecule has 0 saturated heterocycles. The van der Waals surface area contributed by atoms with Gasteiger partial charge in [0, 0.05) is 22.3 Å². The molecule has 1 amide bonds. The van der Waals surface area contributed by atoms with Crippen molar-refractivity contribution < 1.29 is 24.0 Å². The van der Waals surface area contributed by atoms with E-state index in [1.54, 1.807) is 12.1 Å². The van der Waals surface area contributed by atoms with Gasteiger partial charge >= 0.3 is 5.97 Å². The minimum Gasteiger partial charge on any atom is -0.449 e. The Balaban J connectivity index is 2.08. The summed E-state index contributed by atoms with van der Waals surface area (Å²) in [4.78, 5) is 45.9. The Morgan fingerprint density at radius 1 is 1.15 bits per heavy atom. The summed E-state index contributed by atoms with van der Waals surface area (Å²) in [5.74, 6) is -1.79. The second-order valence-corrected chi connectivity index (χ2v) is 6.03. The number of esters is 1. The smallest absolute Gasteiger partial charge is 0.345 e. The zero-order valence-electron chi connectivity index (χ0n) is 14.4. The maximum Gasteiger partial charge on any atom is 0.345 e. The predicted molar refractivity (Wildman–Crippen MR) is 98.1 cm³/mol. The highest BCUT2D eigenvalue weighted by molar-refractivity contribution is 6.31. The third-order valence-corrected chi connectivity index (χ3v) is 3.82. The van der Waals surface area contributed by atoms with E-state index in [4.69, 9.17) is 16.3 Å². The number of halogens is 1. The van der Waals surface area contributed by atoms with E-state index in [9.17, 15) is 24.5 Å². The highest BCUT2D eigenvalue weighted by Crippen LogP contribution is 2.24. The van der Waals surface area contributed by atoms with Crippen LogP contribution in [-0.4, -0.2) is 28.7 Å².